The van der Waals surface area contributed by atoms with Crippen LogP contribution in [0, 0.1) is 3.57 Å². The summed E-state index contributed by atoms with van der Waals surface area (Å²) >= 11 is 3.56. The lowest BCUT2D eigenvalue weighted by molar-refractivity contribution is -0.115. The molecule has 1 heterocycles. The lowest BCUT2D eigenvalue weighted by atomic mass is 10.2. The predicted molar refractivity (Wildman–Crippen MR) is 103 cm³/mol. The summed E-state index contributed by atoms with van der Waals surface area (Å²) in [6.07, 6.45) is 1.83. The van der Waals surface area contributed by atoms with Gasteiger partial charge in [0.2, 0.25) is 0 Å². The second kappa shape index (κ2) is 7.18. The lowest BCUT2D eigenvalue weighted by Gasteiger charge is -2.00. The van der Waals surface area contributed by atoms with Crippen LogP contribution in [0.2, 0.25) is 0 Å². The monoisotopic (exact) mass is 436 g/mol. The number of amidine groups is 1. The van der Waals surface area contributed by atoms with Crippen molar-refractivity contribution in [3.63, 3.8) is 0 Å². The van der Waals surface area contributed by atoms with Gasteiger partial charge >= 0.3 is 0 Å². The van der Waals surface area contributed by atoms with Crippen LogP contribution in [0.15, 0.2) is 58.4 Å². The van der Waals surface area contributed by atoms with E-state index in [1.807, 2.05) is 54.6 Å². The van der Waals surface area contributed by atoms with Crippen LogP contribution in [0.25, 0.3) is 6.08 Å². The van der Waals surface area contributed by atoms with Gasteiger partial charge in [0.25, 0.3) is 5.91 Å². The van der Waals surface area contributed by atoms with Crippen molar-refractivity contribution >= 4 is 57.2 Å². The Balaban J connectivity index is 1.85. The third-order valence-corrected chi connectivity index (χ3v) is 4.94. The van der Waals surface area contributed by atoms with Crippen molar-refractivity contribution in [2.75, 3.05) is 7.11 Å². The SMILES string of the molecule is COc1cccc(/C=C2/SC(=Nc3ccccc3I)NC2=O)c1. The van der Waals surface area contributed by atoms with Crippen LogP contribution in [0.1, 0.15) is 5.56 Å². The van der Waals surface area contributed by atoms with Crippen molar-refractivity contribution in [1.29, 1.82) is 0 Å². The molecule has 0 aliphatic carbocycles. The first-order valence-electron chi connectivity index (χ1n) is 6.84. The van der Waals surface area contributed by atoms with E-state index in [0.29, 0.717) is 10.1 Å². The number of thioether (sulfide) groups is 1. The fourth-order valence-corrected chi connectivity index (χ4v) is 3.36. The maximum absolute atomic E-state index is 12.1. The molecule has 0 atom stereocenters. The minimum atomic E-state index is -0.137. The summed E-state index contributed by atoms with van der Waals surface area (Å²) in [6, 6.07) is 15.4. The van der Waals surface area contributed by atoms with Gasteiger partial charge < -0.3 is 10.1 Å². The lowest BCUT2D eigenvalue weighted by Crippen LogP contribution is -2.19. The Kier molecular flexibility index (Phi) is 5.02. The van der Waals surface area contributed by atoms with Crippen LogP contribution < -0.4 is 10.1 Å². The minimum Gasteiger partial charge on any atom is -0.497 e. The van der Waals surface area contributed by atoms with Gasteiger partial charge in [-0.05, 0) is 70.3 Å². The van der Waals surface area contributed by atoms with Gasteiger partial charge in [-0.15, -0.1) is 0 Å². The molecule has 1 saturated heterocycles. The number of hydrogen-bond donors (Lipinski definition) is 1. The van der Waals surface area contributed by atoms with Gasteiger partial charge in [-0.25, -0.2) is 4.99 Å². The highest BCUT2D eigenvalue weighted by molar-refractivity contribution is 14.1. The van der Waals surface area contributed by atoms with Gasteiger partial charge in [0.15, 0.2) is 5.17 Å². The molecule has 0 spiro atoms. The molecule has 1 N–H and O–H groups in total. The first-order chi connectivity index (χ1) is 11.2. The highest BCUT2D eigenvalue weighted by atomic mass is 127. The second-order valence-corrected chi connectivity index (χ2v) is 6.90. The number of benzene rings is 2. The van der Waals surface area contributed by atoms with Crippen molar-refractivity contribution < 1.29 is 9.53 Å². The number of ether oxygens (including phenoxy) is 1. The number of nitrogens with zero attached hydrogens (tertiary/aromatic N) is 1. The van der Waals surface area contributed by atoms with Crippen LogP contribution in [-0.4, -0.2) is 18.2 Å². The topological polar surface area (TPSA) is 50.7 Å². The van der Waals surface area contributed by atoms with Crippen molar-refractivity contribution in [3.05, 3.63) is 62.6 Å². The number of carbonyl (C=O) groups is 1. The summed E-state index contributed by atoms with van der Waals surface area (Å²) in [5.41, 5.74) is 1.76. The van der Waals surface area contributed by atoms with Crippen molar-refractivity contribution in [1.82, 2.24) is 5.32 Å². The van der Waals surface area contributed by atoms with Crippen LogP contribution in [0.4, 0.5) is 5.69 Å². The zero-order chi connectivity index (χ0) is 16.2. The standard InChI is InChI=1S/C17H13IN2O2S/c1-22-12-6-4-5-11(9-12)10-15-16(21)20-17(23-15)19-14-8-3-2-7-13(14)18/h2-10H,1H3,(H,19,20,21)/b15-10+. The van der Waals surface area contributed by atoms with Crippen LogP contribution in [0.5, 0.6) is 5.75 Å². The molecule has 1 amide bonds. The van der Waals surface area contributed by atoms with Crippen LogP contribution >= 0.6 is 34.4 Å². The van der Waals surface area contributed by atoms with E-state index in [1.54, 1.807) is 7.11 Å². The van der Waals surface area contributed by atoms with E-state index in [1.165, 1.54) is 11.8 Å². The van der Waals surface area contributed by atoms with E-state index in [9.17, 15) is 4.79 Å². The van der Waals surface area contributed by atoms with E-state index in [-0.39, 0.29) is 5.91 Å². The Morgan fingerprint density at radius 1 is 1.22 bits per heavy atom. The van der Waals surface area contributed by atoms with Crippen LogP contribution in [0.3, 0.4) is 0 Å². The van der Waals surface area contributed by atoms with E-state index in [4.69, 9.17) is 4.74 Å². The molecular formula is C17H13IN2O2S. The van der Waals surface area contributed by atoms with Crippen molar-refractivity contribution in [2.45, 2.75) is 0 Å². The molecular weight excluding hydrogens is 423 g/mol. The number of hydrogen-bond acceptors (Lipinski definition) is 4. The molecule has 1 aliphatic heterocycles. The Labute approximate surface area is 152 Å². The summed E-state index contributed by atoms with van der Waals surface area (Å²) < 4.78 is 6.24. The third kappa shape index (κ3) is 3.94. The molecule has 116 valence electrons. The fraction of sp³-hybridized carbons (Fsp3) is 0.0588. The van der Waals surface area contributed by atoms with Gasteiger partial charge in [0.1, 0.15) is 5.75 Å². The minimum absolute atomic E-state index is 0.137. The molecule has 6 heteroatoms. The summed E-state index contributed by atoms with van der Waals surface area (Å²) in [7, 11) is 1.62. The molecule has 0 radical (unpaired) electrons. The van der Waals surface area contributed by atoms with Crippen molar-refractivity contribution in [3.8, 4) is 5.75 Å². The molecule has 0 saturated carbocycles. The second-order valence-electron chi connectivity index (χ2n) is 4.71. The molecule has 1 fully saturated rings. The summed E-state index contributed by atoms with van der Waals surface area (Å²) in [5.74, 6) is 0.623. The van der Waals surface area contributed by atoms with Gasteiger partial charge in [-0.3, -0.25) is 4.79 Å². The average Bonchev–Trinajstić information content (AvgIpc) is 2.89. The molecule has 0 aromatic heterocycles. The fourth-order valence-electron chi connectivity index (χ4n) is 2.01. The number of aliphatic imine (C=N–C) groups is 1. The smallest absolute Gasteiger partial charge is 0.264 e. The Hall–Kier alpha value is -1.80. The van der Waals surface area contributed by atoms with E-state index >= 15 is 0 Å². The quantitative estimate of drug-likeness (QED) is 0.580. The molecule has 2 aromatic carbocycles. The predicted octanol–water partition coefficient (Wildman–Crippen LogP) is 4.19. The molecule has 0 unspecified atom stereocenters. The Bertz CT molecular complexity index is 818. The molecule has 3 rings (SSSR count). The zero-order valence-electron chi connectivity index (χ0n) is 12.2. The number of halogens is 1. The number of rotatable bonds is 3. The average molecular weight is 436 g/mol. The van der Waals surface area contributed by atoms with Gasteiger partial charge in [0, 0.05) is 3.57 Å². The number of nitrogens with one attached hydrogen (secondary N) is 1. The largest absolute Gasteiger partial charge is 0.497 e. The first-order valence-corrected chi connectivity index (χ1v) is 8.73. The maximum atomic E-state index is 12.1. The van der Waals surface area contributed by atoms with E-state index in [2.05, 4.69) is 32.9 Å². The third-order valence-electron chi connectivity index (χ3n) is 3.12. The molecule has 2 aromatic rings. The number of methoxy groups -OCH3 is 1. The normalized spacial score (nSPS) is 17.6. The highest BCUT2D eigenvalue weighted by Gasteiger charge is 2.24. The number of amides is 1. The zero-order valence-corrected chi connectivity index (χ0v) is 15.2. The molecule has 0 bridgehead atoms. The van der Waals surface area contributed by atoms with E-state index < -0.39 is 0 Å². The Morgan fingerprint density at radius 3 is 2.83 bits per heavy atom. The van der Waals surface area contributed by atoms with Gasteiger partial charge in [-0.1, -0.05) is 24.3 Å². The molecule has 23 heavy (non-hydrogen) atoms. The van der Waals surface area contributed by atoms with Crippen LogP contribution in [-0.2, 0) is 4.79 Å². The van der Waals surface area contributed by atoms with Gasteiger partial charge in [-0.2, -0.15) is 0 Å². The molecule has 1 aliphatic rings. The maximum Gasteiger partial charge on any atom is 0.264 e. The summed E-state index contributed by atoms with van der Waals surface area (Å²) in [4.78, 5) is 17.2. The number of para-hydroxylation sites is 1. The van der Waals surface area contributed by atoms with E-state index in [0.717, 1.165) is 20.6 Å². The number of carbonyl (C=O) groups excluding carboxylic acids is 1. The Morgan fingerprint density at radius 2 is 2.04 bits per heavy atom. The summed E-state index contributed by atoms with van der Waals surface area (Å²) in [5, 5.41) is 3.39. The van der Waals surface area contributed by atoms with Crippen molar-refractivity contribution in [2.24, 2.45) is 4.99 Å². The molecule has 4 nitrogen and oxygen atoms in total. The first kappa shape index (κ1) is 16.1. The highest BCUT2D eigenvalue weighted by Crippen LogP contribution is 2.30. The van der Waals surface area contributed by atoms with Gasteiger partial charge in [0.05, 0.1) is 17.7 Å². The summed E-state index contributed by atoms with van der Waals surface area (Å²) in [6.45, 7) is 0.